The molecule has 41 heavy (non-hydrogen) atoms. The highest BCUT2D eigenvalue weighted by Crippen LogP contribution is 2.37. The summed E-state index contributed by atoms with van der Waals surface area (Å²) in [6, 6.07) is 10.7. The number of carbonyl (C=O) groups is 1. The second-order valence-electron chi connectivity index (χ2n) is 11.9. The van der Waals surface area contributed by atoms with Gasteiger partial charge in [-0.15, -0.1) is 0 Å². The summed E-state index contributed by atoms with van der Waals surface area (Å²) < 4.78 is 15.6. The Morgan fingerprint density at radius 3 is 2.83 bits per heavy atom. The van der Waals surface area contributed by atoms with E-state index in [0.717, 1.165) is 54.1 Å². The van der Waals surface area contributed by atoms with Crippen molar-refractivity contribution in [2.75, 3.05) is 37.4 Å². The summed E-state index contributed by atoms with van der Waals surface area (Å²) in [4.78, 5) is 26.8. The molecule has 1 fully saturated rings. The molecular formula is C31H36FN7O2. The molecule has 3 N–H and O–H groups in total. The standard InChI is InChI=1S/C31H36FN7O2/c1-31(2,41)19-6-5-12-38(17-19)25-9-10-27(36-24(25)18-37(3)4)35-23-8-7-21(22-15-34-30(40)29(22)23)26-16-33-28-14-20(32)11-13-39(26)28/h7-11,13-14,16,19,41H,5-6,12,15,17-18H2,1-4H3,(H,34,40)(H,35,36)/t19-/m0/s1. The number of amides is 1. The molecule has 9 nitrogen and oxygen atoms in total. The van der Waals surface area contributed by atoms with E-state index in [1.807, 2.05) is 50.5 Å². The minimum absolute atomic E-state index is 0.152. The Kier molecular flexibility index (Phi) is 6.91. The summed E-state index contributed by atoms with van der Waals surface area (Å²) >= 11 is 0. The molecule has 10 heteroatoms. The summed E-state index contributed by atoms with van der Waals surface area (Å²) in [5.74, 6) is 0.343. The summed E-state index contributed by atoms with van der Waals surface area (Å²) in [5.41, 5.74) is 5.55. The number of pyridine rings is 2. The van der Waals surface area contributed by atoms with Crippen LogP contribution in [-0.4, -0.2) is 63.1 Å². The van der Waals surface area contributed by atoms with Gasteiger partial charge in [0.15, 0.2) is 0 Å². The van der Waals surface area contributed by atoms with Crippen molar-refractivity contribution in [3.63, 3.8) is 0 Å². The minimum atomic E-state index is -0.734. The fraction of sp³-hybridized carbons (Fsp3) is 0.387. The number of rotatable bonds is 7. The number of aliphatic hydroxyl groups is 1. The molecule has 1 amide bonds. The number of nitrogens with one attached hydrogen (secondary N) is 2. The van der Waals surface area contributed by atoms with Gasteiger partial charge < -0.3 is 25.5 Å². The second-order valence-corrected chi connectivity index (χ2v) is 11.9. The monoisotopic (exact) mass is 557 g/mol. The number of fused-ring (bicyclic) bond motifs is 2. The molecule has 2 aliphatic rings. The zero-order valence-electron chi connectivity index (χ0n) is 23.9. The number of aromatic nitrogens is 3. The molecule has 0 bridgehead atoms. The van der Waals surface area contributed by atoms with Crippen LogP contribution in [0.2, 0.25) is 0 Å². The molecule has 1 atom stereocenters. The van der Waals surface area contributed by atoms with E-state index in [4.69, 9.17) is 4.98 Å². The van der Waals surface area contributed by atoms with Crippen LogP contribution >= 0.6 is 0 Å². The molecule has 5 heterocycles. The van der Waals surface area contributed by atoms with Crippen molar-refractivity contribution >= 4 is 28.7 Å². The quantitative estimate of drug-likeness (QED) is 0.306. The molecule has 6 rings (SSSR count). The first-order valence-corrected chi connectivity index (χ1v) is 14.0. The van der Waals surface area contributed by atoms with Crippen LogP contribution < -0.4 is 15.5 Å². The highest BCUT2D eigenvalue weighted by Gasteiger charge is 2.32. The lowest BCUT2D eigenvalue weighted by Crippen LogP contribution is -2.45. The maximum Gasteiger partial charge on any atom is 0.254 e. The zero-order chi connectivity index (χ0) is 28.9. The molecule has 0 radical (unpaired) electrons. The number of hydrogen-bond acceptors (Lipinski definition) is 7. The maximum atomic E-state index is 13.7. The highest BCUT2D eigenvalue weighted by atomic mass is 19.1. The smallest absolute Gasteiger partial charge is 0.254 e. The Labute approximate surface area is 239 Å². The van der Waals surface area contributed by atoms with Crippen LogP contribution in [0.1, 0.15) is 48.3 Å². The third kappa shape index (κ3) is 5.25. The van der Waals surface area contributed by atoms with Gasteiger partial charge in [0.2, 0.25) is 0 Å². The number of halogens is 1. The summed E-state index contributed by atoms with van der Waals surface area (Å²) in [7, 11) is 4.04. The lowest BCUT2D eigenvalue weighted by Gasteiger charge is -2.40. The normalized spacial score (nSPS) is 17.3. The highest BCUT2D eigenvalue weighted by molar-refractivity contribution is 6.06. The van der Waals surface area contributed by atoms with Gasteiger partial charge in [0.1, 0.15) is 17.3 Å². The van der Waals surface area contributed by atoms with Crippen LogP contribution in [-0.2, 0) is 13.1 Å². The van der Waals surface area contributed by atoms with Gasteiger partial charge in [0.25, 0.3) is 5.91 Å². The Hall–Kier alpha value is -4.02. The van der Waals surface area contributed by atoms with Crippen LogP contribution in [0, 0.1) is 11.7 Å². The average Bonchev–Trinajstić information content (AvgIpc) is 3.52. The predicted octanol–water partition coefficient (Wildman–Crippen LogP) is 4.57. The van der Waals surface area contributed by atoms with Crippen molar-refractivity contribution in [2.24, 2.45) is 5.92 Å². The lowest BCUT2D eigenvalue weighted by atomic mass is 9.84. The average molecular weight is 558 g/mol. The van der Waals surface area contributed by atoms with E-state index in [2.05, 4.69) is 31.5 Å². The van der Waals surface area contributed by atoms with Crippen molar-refractivity contribution in [1.82, 2.24) is 24.6 Å². The number of hydrogen-bond donors (Lipinski definition) is 3. The predicted molar refractivity (Wildman–Crippen MR) is 158 cm³/mol. The van der Waals surface area contributed by atoms with E-state index in [0.29, 0.717) is 35.8 Å². The number of carbonyl (C=O) groups excluding carboxylic acids is 1. The molecule has 2 aliphatic heterocycles. The van der Waals surface area contributed by atoms with E-state index < -0.39 is 5.60 Å². The largest absolute Gasteiger partial charge is 0.390 e. The molecule has 0 unspecified atom stereocenters. The summed E-state index contributed by atoms with van der Waals surface area (Å²) in [6.07, 6.45) is 5.38. The molecule has 1 aromatic carbocycles. The SMILES string of the molecule is CN(C)Cc1nc(Nc2ccc(-c3cnc4cc(F)ccn34)c3c2C(=O)NC3)ccc1N1CCC[C@H](C(C)(C)O)C1. The summed E-state index contributed by atoms with van der Waals surface area (Å²) in [5, 5.41) is 17.0. The zero-order valence-corrected chi connectivity index (χ0v) is 23.9. The number of piperidine rings is 1. The molecule has 0 spiro atoms. The third-order valence-corrected chi connectivity index (χ3v) is 8.16. The number of anilines is 3. The van der Waals surface area contributed by atoms with E-state index in [1.165, 1.54) is 12.1 Å². The van der Waals surface area contributed by atoms with Gasteiger partial charge in [-0.3, -0.25) is 9.20 Å². The topological polar surface area (TPSA) is 98.0 Å². The van der Waals surface area contributed by atoms with Crippen LogP contribution in [0.25, 0.3) is 16.9 Å². The lowest BCUT2D eigenvalue weighted by molar-refractivity contribution is 0.0110. The Morgan fingerprint density at radius 2 is 2.05 bits per heavy atom. The van der Waals surface area contributed by atoms with Crippen LogP contribution in [0.5, 0.6) is 0 Å². The number of benzene rings is 1. The van der Waals surface area contributed by atoms with E-state index in [-0.39, 0.29) is 17.6 Å². The fourth-order valence-electron chi connectivity index (χ4n) is 6.03. The van der Waals surface area contributed by atoms with Gasteiger partial charge in [-0.25, -0.2) is 14.4 Å². The number of nitrogens with zero attached hydrogens (tertiary/aromatic N) is 5. The fourth-order valence-corrected chi connectivity index (χ4v) is 6.03. The van der Waals surface area contributed by atoms with Gasteiger partial charge in [0, 0.05) is 49.9 Å². The number of imidazole rings is 1. The van der Waals surface area contributed by atoms with Crippen LogP contribution in [0.4, 0.5) is 21.6 Å². The van der Waals surface area contributed by atoms with Crippen molar-refractivity contribution in [3.05, 3.63) is 71.4 Å². The molecule has 0 aliphatic carbocycles. The Bertz CT molecular complexity index is 1620. The third-order valence-electron chi connectivity index (χ3n) is 8.16. The van der Waals surface area contributed by atoms with Gasteiger partial charge in [-0.2, -0.15) is 0 Å². The van der Waals surface area contributed by atoms with E-state index in [1.54, 1.807) is 12.4 Å². The maximum absolute atomic E-state index is 13.7. The van der Waals surface area contributed by atoms with Gasteiger partial charge >= 0.3 is 0 Å². The molecule has 0 saturated carbocycles. The van der Waals surface area contributed by atoms with Gasteiger partial charge in [-0.05, 0) is 70.6 Å². The van der Waals surface area contributed by atoms with Gasteiger partial charge in [-0.1, -0.05) is 6.07 Å². The first-order chi connectivity index (χ1) is 19.6. The molecular weight excluding hydrogens is 521 g/mol. The molecule has 1 saturated heterocycles. The molecule has 4 aromatic rings. The summed E-state index contributed by atoms with van der Waals surface area (Å²) in [6.45, 7) is 6.53. The first-order valence-electron chi connectivity index (χ1n) is 14.0. The minimum Gasteiger partial charge on any atom is -0.390 e. The van der Waals surface area contributed by atoms with Crippen molar-refractivity contribution < 1.29 is 14.3 Å². The first kappa shape index (κ1) is 27.2. The van der Waals surface area contributed by atoms with Crippen LogP contribution in [0.15, 0.2) is 48.8 Å². The van der Waals surface area contributed by atoms with E-state index in [9.17, 15) is 14.3 Å². The van der Waals surface area contributed by atoms with Crippen molar-refractivity contribution in [1.29, 1.82) is 0 Å². The van der Waals surface area contributed by atoms with Crippen molar-refractivity contribution in [3.8, 4) is 11.3 Å². The van der Waals surface area contributed by atoms with Gasteiger partial charge in [0.05, 0.1) is 40.1 Å². The van der Waals surface area contributed by atoms with E-state index >= 15 is 0 Å². The second kappa shape index (κ2) is 10.4. The van der Waals surface area contributed by atoms with Crippen LogP contribution in [0.3, 0.4) is 0 Å². The molecule has 214 valence electrons. The molecule has 3 aromatic heterocycles. The Balaban J connectivity index is 1.34. The van der Waals surface area contributed by atoms with Crippen molar-refractivity contribution in [2.45, 2.75) is 45.4 Å². The Morgan fingerprint density at radius 1 is 1.22 bits per heavy atom.